The average Bonchev–Trinajstić information content (AvgIpc) is 2.52. The number of thioether (sulfide) groups is 1. The van der Waals surface area contributed by atoms with E-state index < -0.39 is 0 Å². The van der Waals surface area contributed by atoms with Gasteiger partial charge >= 0.3 is 6.09 Å². The molecule has 0 spiro atoms. The maximum Gasteiger partial charge on any atom is 0.410 e. The standard InChI is InChI=1S/C19H27NO3S/c1-19(2,3)24-17(21)13-16-11-7-8-12-20(16)18(22)23-14-15-9-5-4-6-10-15/h4-6,9-10,16H,7-8,11-14H2,1-3H3. The second-order valence-electron chi connectivity index (χ2n) is 7.17. The van der Waals surface area contributed by atoms with Crippen molar-refractivity contribution in [1.29, 1.82) is 0 Å². The van der Waals surface area contributed by atoms with Gasteiger partial charge in [-0.05, 0) is 24.8 Å². The molecule has 24 heavy (non-hydrogen) atoms. The van der Waals surface area contributed by atoms with Crippen LogP contribution >= 0.6 is 11.8 Å². The summed E-state index contributed by atoms with van der Waals surface area (Å²) in [6, 6.07) is 9.62. The van der Waals surface area contributed by atoms with Gasteiger partial charge in [0.15, 0.2) is 5.12 Å². The Balaban J connectivity index is 1.90. The monoisotopic (exact) mass is 349 g/mol. The van der Waals surface area contributed by atoms with Crippen LogP contribution < -0.4 is 0 Å². The highest BCUT2D eigenvalue weighted by molar-refractivity contribution is 8.14. The molecule has 0 radical (unpaired) electrons. The molecule has 1 saturated heterocycles. The van der Waals surface area contributed by atoms with Crippen LogP contribution in [0.4, 0.5) is 4.79 Å². The van der Waals surface area contributed by atoms with Gasteiger partial charge in [0.1, 0.15) is 6.61 Å². The summed E-state index contributed by atoms with van der Waals surface area (Å²) in [7, 11) is 0. The van der Waals surface area contributed by atoms with E-state index in [0.717, 1.165) is 24.8 Å². The Kier molecular flexibility index (Phi) is 6.72. The number of hydrogen-bond acceptors (Lipinski definition) is 4. The van der Waals surface area contributed by atoms with Crippen LogP contribution in [0.5, 0.6) is 0 Å². The number of likely N-dealkylation sites (tertiary alicyclic amines) is 1. The maximum atomic E-state index is 12.4. The topological polar surface area (TPSA) is 46.6 Å². The van der Waals surface area contributed by atoms with Crippen molar-refractivity contribution >= 4 is 23.0 Å². The summed E-state index contributed by atoms with van der Waals surface area (Å²) in [6.45, 7) is 7.03. The minimum absolute atomic E-state index is 0.0376. The molecule has 1 heterocycles. The van der Waals surface area contributed by atoms with Crippen molar-refractivity contribution in [2.75, 3.05) is 6.54 Å². The molecule has 0 bridgehead atoms. The molecule has 132 valence electrons. The molecule has 0 aliphatic carbocycles. The molecule has 1 aliphatic rings. The summed E-state index contributed by atoms with van der Waals surface area (Å²) in [4.78, 5) is 26.4. The summed E-state index contributed by atoms with van der Waals surface area (Å²) >= 11 is 1.36. The molecule has 1 aliphatic heterocycles. The normalized spacial score (nSPS) is 18.3. The molecule has 2 rings (SSSR count). The van der Waals surface area contributed by atoms with E-state index in [1.165, 1.54) is 11.8 Å². The van der Waals surface area contributed by atoms with Gasteiger partial charge in [0.25, 0.3) is 0 Å². The maximum absolute atomic E-state index is 12.4. The fraction of sp³-hybridized carbons (Fsp3) is 0.579. The third kappa shape index (κ3) is 6.19. The Labute approximate surface area is 148 Å². The van der Waals surface area contributed by atoms with Gasteiger partial charge in [-0.3, -0.25) is 4.79 Å². The zero-order valence-corrected chi connectivity index (χ0v) is 15.6. The first kappa shape index (κ1) is 18.8. The van der Waals surface area contributed by atoms with Gasteiger partial charge in [-0.15, -0.1) is 0 Å². The van der Waals surface area contributed by atoms with Crippen molar-refractivity contribution in [2.45, 2.75) is 63.9 Å². The Morgan fingerprint density at radius 3 is 2.58 bits per heavy atom. The molecule has 0 saturated carbocycles. The Morgan fingerprint density at radius 2 is 1.92 bits per heavy atom. The molecule has 0 N–H and O–H groups in total. The summed E-state index contributed by atoms with van der Waals surface area (Å²) in [5.41, 5.74) is 0.971. The van der Waals surface area contributed by atoms with Crippen LogP contribution in [0.3, 0.4) is 0 Å². The first-order valence-electron chi connectivity index (χ1n) is 8.54. The number of benzene rings is 1. The van der Waals surface area contributed by atoms with E-state index in [9.17, 15) is 9.59 Å². The Hall–Kier alpha value is -1.49. The first-order chi connectivity index (χ1) is 11.3. The smallest absolute Gasteiger partial charge is 0.410 e. The minimum atomic E-state index is -0.308. The lowest BCUT2D eigenvalue weighted by molar-refractivity contribution is -0.112. The van der Waals surface area contributed by atoms with Gasteiger partial charge < -0.3 is 9.64 Å². The van der Waals surface area contributed by atoms with Crippen molar-refractivity contribution in [2.24, 2.45) is 0 Å². The third-order valence-electron chi connectivity index (χ3n) is 3.89. The quantitative estimate of drug-likeness (QED) is 0.795. The number of carbonyl (C=O) groups is 2. The van der Waals surface area contributed by atoms with Crippen molar-refractivity contribution in [1.82, 2.24) is 4.90 Å². The second kappa shape index (κ2) is 8.56. The van der Waals surface area contributed by atoms with Gasteiger partial charge in [-0.2, -0.15) is 0 Å². The van der Waals surface area contributed by atoms with Gasteiger partial charge in [-0.25, -0.2) is 4.79 Å². The number of amides is 1. The molecular formula is C19H27NO3S. The van der Waals surface area contributed by atoms with Crippen LogP contribution in [0.25, 0.3) is 0 Å². The number of piperidine rings is 1. The van der Waals surface area contributed by atoms with Crippen LogP contribution in [0.1, 0.15) is 52.0 Å². The lowest BCUT2D eigenvalue weighted by atomic mass is 10.0. The van der Waals surface area contributed by atoms with E-state index in [0.29, 0.717) is 13.0 Å². The Bertz CT molecular complexity index is 553. The summed E-state index contributed by atoms with van der Waals surface area (Å²) in [6.07, 6.45) is 2.99. The fourth-order valence-electron chi connectivity index (χ4n) is 2.83. The first-order valence-corrected chi connectivity index (χ1v) is 9.36. The van der Waals surface area contributed by atoms with Crippen LogP contribution in [-0.4, -0.2) is 33.4 Å². The van der Waals surface area contributed by atoms with Crippen LogP contribution in [0.2, 0.25) is 0 Å². The van der Waals surface area contributed by atoms with Crippen molar-refractivity contribution in [3.8, 4) is 0 Å². The highest BCUT2D eigenvalue weighted by atomic mass is 32.2. The van der Waals surface area contributed by atoms with E-state index in [2.05, 4.69) is 0 Å². The minimum Gasteiger partial charge on any atom is -0.445 e. The Morgan fingerprint density at radius 1 is 1.21 bits per heavy atom. The van der Waals surface area contributed by atoms with Crippen LogP contribution in [-0.2, 0) is 16.1 Å². The predicted molar refractivity (Wildman–Crippen MR) is 97.9 cm³/mol. The van der Waals surface area contributed by atoms with Crippen LogP contribution in [0, 0.1) is 0 Å². The SMILES string of the molecule is CC(C)(C)SC(=O)CC1CCCCN1C(=O)OCc1ccccc1. The molecule has 1 aromatic rings. The average molecular weight is 349 g/mol. The molecular weight excluding hydrogens is 322 g/mol. The lowest BCUT2D eigenvalue weighted by Crippen LogP contribution is -2.44. The molecule has 5 heteroatoms. The van der Waals surface area contributed by atoms with E-state index in [4.69, 9.17) is 4.74 Å². The van der Waals surface area contributed by atoms with Gasteiger partial charge in [0, 0.05) is 23.8 Å². The van der Waals surface area contributed by atoms with Crippen molar-refractivity contribution in [3.63, 3.8) is 0 Å². The zero-order chi connectivity index (χ0) is 17.6. The number of carbonyl (C=O) groups excluding carboxylic acids is 2. The fourth-order valence-corrected chi connectivity index (χ4v) is 3.79. The number of nitrogens with zero attached hydrogens (tertiary/aromatic N) is 1. The highest BCUT2D eigenvalue weighted by Crippen LogP contribution is 2.29. The third-order valence-corrected chi connectivity index (χ3v) is 4.90. The zero-order valence-electron chi connectivity index (χ0n) is 14.8. The second-order valence-corrected chi connectivity index (χ2v) is 9.06. The largest absolute Gasteiger partial charge is 0.445 e. The molecule has 1 unspecified atom stereocenters. The summed E-state index contributed by atoms with van der Waals surface area (Å²) in [5, 5.41) is 0.148. The lowest BCUT2D eigenvalue weighted by Gasteiger charge is -2.34. The van der Waals surface area contributed by atoms with E-state index in [-0.39, 0.29) is 28.6 Å². The van der Waals surface area contributed by atoms with E-state index in [1.807, 2.05) is 51.1 Å². The predicted octanol–water partition coefficient (Wildman–Crippen LogP) is 4.63. The molecule has 0 aromatic heterocycles. The molecule has 1 aromatic carbocycles. The van der Waals surface area contributed by atoms with E-state index >= 15 is 0 Å². The molecule has 1 amide bonds. The molecule has 4 nitrogen and oxygen atoms in total. The molecule has 1 atom stereocenters. The van der Waals surface area contributed by atoms with Gasteiger partial charge in [0.05, 0.1) is 0 Å². The van der Waals surface area contributed by atoms with Gasteiger partial charge in [0.2, 0.25) is 0 Å². The summed E-state index contributed by atoms with van der Waals surface area (Å²) in [5.74, 6) is 0. The van der Waals surface area contributed by atoms with Crippen molar-refractivity contribution in [3.05, 3.63) is 35.9 Å². The van der Waals surface area contributed by atoms with E-state index in [1.54, 1.807) is 4.90 Å². The number of ether oxygens (including phenoxy) is 1. The number of hydrogen-bond donors (Lipinski definition) is 0. The van der Waals surface area contributed by atoms with Crippen LogP contribution in [0.15, 0.2) is 30.3 Å². The molecule has 1 fully saturated rings. The highest BCUT2D eigenvalue weighted by Gasteiger charge is 2.30. The van der Waals surface area contributed by atoms with Gasteiger partial charge in [-0.1, -0.05) is 62.9 Å². The van der Waals surface area contributed by atoms with Crippen molar-refractivity contribution < 1.29 is 14.3 Å². The number of rotatable bonds is 4. The summed E-state index contributed by atoms with van der Waals surface area (Å²) < 4.78 is 5.36.